The van der Waals surface area contributed by atoms with Crippen LogP contribution in [0.2, 0.25) is 0 Å². The third kappa shape index (κ3) is 3.44. The number of halogens is 1. The van der Waals surface area contributed by atoms with E-state index in [0.717, 1.165) is 6.07 Å². The third-order valence-electron chi connectivity index (χ3n) is 2.52. The van der Waals surface area contributed by atoms with Crippen LogP contribution in [0, 0.1) is 5.82 Å². The van der Waals surface area contributed by atoms with Gasteiger partial charge in [-0.1, -0.05) is 6.07 Å². The maximum Gasteiger partial charge on any atom is 0.310 e. The summed E-state index contributed by atoms with van der Waals surface area (Å²) in [5.41, 5.74) is 0.224. The van der Waals surface area contributed by atoms with Gasteiger partial charge in [0.05, 0.1) is 13.0 Å². The molecule has 6 heteroatoms. The minimum absolute atomic E-state index is 0.0149. The molecule has 0 radical (unpaired) electrons. The van der Waals surface area contributed by atoms with Crippen LogP contribution in [0.15, 0.2) is 18.2 Å². The second kappa shape index (κ2) is 6.00. The molecule has 1 unspecified atom stereocenters. The number of carboxylic acid groups (broad SMARTS) is 2. The summed E-state index contributed by atoms with van der Waals surface area (Å²) >= 11 is 0. The third-order valence-corrected chi connectivity index (χ3v) is 2.52. The molecule has 0 aliphatic rings. The standard InChI is InChI=1S/C12H13FO5/c1-18-10-4-2-7(6-9(10)13)8(12(16)17)3-5-11(14)15/h2,4,6,8H,3,5H2,1H3,(H,14,15)(H,16,17). The van der Waals surface area contributed by atoms with Gasteiger partial charge in [-0.2, -0.15) is 0 Å². The summed E-state index contributed by atoms with van der Waals surface area (Å²) in [6.07, 6.45) is -0.374. The molecular weight excluding hydrogens is 243 g/mol. The lowest BCUT2D eigenvalue weighted by molar-refractivity contribution is -0.140. The molecule has 18 heavy (non-hydrogen) atoms. The Morgan fingerprint density at radius 2 is 2.06 bits per heavy atom. The Balaban J connectivity index is 2.95. The summed E-state index contributed by atoms with van der Waals surface area (Å²) in [7, 11) is 1.30. The fourth-order valence-electron chi connectivity index (χ4n) is 1.60. The van der Waals surface area contributed by atoms with E-state index in [1.165, 1.54) is 19.2 Å². The monoisotopic (exact) mass is 256 g/mol. The van der Waals surface area contributed by atoms with Gasteiger partial charge in [0.15, 0.2) is 11.6 Å². The van der Waals surface area contributed by atoms with E-state index in [4.69, 9.17) is 14.9 Å². The number of aliphatic carboxylic acids is 2. The van der Waals surface area contributed by atoms with Crippen molar-refractivity contribution in [2.75, 3.05) is 7.11 Å². The first-order chi connectivity index (χ1) is 8.45. The molecular formula is C12H13FO5. The minimum Gasteiger partial charge on any atom is -0.494 e. The summed E-state index contributed by atoms with van der Waals surface area (Å²) in [6.45, 7) is 0. The molecule has 0 aliphatic heterocycles. The Labute approximate surface area is 103 Å². The molecule has 0 spiro atoms. The average Bonchev–Trinajstić information content (AvgIpc) is 2.28. The first kappa shape index (κ1) is 14.0. The first-order valence-electron chi connectivity index (χ1n) is 5.23. The molecule has 0 bridgehead atoms. The van der Waals surface area contributed by atoms with Crippen LogP contribution >= 0.6 is 0 Å². The van der Waals surface area contributed by atoms with E-state index in [0.29, 0.717) is 0 Å². The summed E-state index contributed by atoms with van der Waals surface area (Å²) in [4.78, 5) is 21.5. The highest BCUT2D eigenvalue weighted by molar-refractivity contribution is 5.77. The number of methoxy groups -OCH3 is 1. The molecule has 1 atom stereocenters. The summed E-state index contributed by atoms with van der Waals surface area (Å²) in [5, 5.41) is 17.6. The molecule has 5 nitrogen and oxygen atoms in total. The lowest BCUT2D eigenvalue weighted by Gasteiger charge is -2.12. The minimum atomic E-state index is -1.18. The van der Waals surface area contributed by atoms with E-state index in [-0.39, 0.29) is 24.2 Å². The van der Waals surface area contributed by atoms with Gasteiger partial charge in [0.2, 0.25) is 0 Å². The van der Waals surface area contributed by atoms with Crippen LogP contribution in [0.3, 0.4) is 0 Å². The van der Waals surface area contributed by atoms with Crippen LogP contribution in [0.5, 0.6) is 5.75 Å². The average molecular weight is 256 g/mol. The summed E-state index contributed by atoms with van der Waals surface area (Å²) < 4.78 is 18.2. The van der Waals surface area contributed by atoms with Crippen molar-refractivity contribution in [2.24, 2.45) is 0 Å². The van der Waals surface area contributed by atoms with Gasteiger partial charge < -0.3 is 14.9 Å². The molecule has 0 fully saturated rings. The largest absolute Gasteiger partial charge is 0.494 e. The lowest BCUT2D eigenvalue weighted by Crippen LogP contribution is -2.13. The van der Waals surface area contributed by atoms with Crippen LogP contribution in [-0.4, -0.2) is 29.3 Å². The van der Waals surface area contributed by atoms with Gasteiger partial charge in [0.25, 0.3) is 0 Å². The van der Waals surface area contributed by atoms with E-state index in [9.17, 15) is 14.0 Å². The van der Waals surface area contributed by atoms with E-state index in [2.05, 4.69) is 0 Å². The van der Waals surface area contributed by atoms with E-state index < -0.39 is 23.7 Å². The van der Waals surface area contributed by atoms with Gasteiger partial charge in [0.1, 0.15) is 0 Å². The second-order valence-corrected chi connectivity index (χ2v) is 3.72. The summed E-state index contributed by atoms with van der Waals surface area (Å²) in [5.74, 6) is -3.96. The highest BCUT2D eigenvalue weighted by Crippen LogP contribution is 2.26. The maximum atomic E-state index is 13.4. The molecule has 98 valence electrons. The van der Waals surface area contributed by atoms with Gasteiger partial charge in [-0.15, -0.1) is 0 Å². The highest BCUT2D eigenvalue weighted by Gasteiger charge is 2.22. The number of ether oxygens (including phenoxy) is 1. The Bertz CT molecular complexity index is 458. The predicted molar refractivity (Wildman–Crippen MR) is 60.2 cm³/mol. The zero-order valence-corrected chi connectivity index (χ0v) is 9.72. The van der Waals surface area contributed by atoms with E-state index in [1.54, 1.807) is 0 Å². The van der Waals surface area contributed by atoms with Gasteiger partial charge >= 0.3 is 11.9 Å². The van der Waals surface area contributed by atoms with Crippen LogP contribution < -0.4 is 4.74 Å². The van der Waals surface area contributed by atoms with Crippen LogP contribution in [-0.2, 0) is 9.59 Å². The number of rotatable bonds is 6. The van der Waals surface area contributed by atoms with Crippen molar-refractivity contribution in [2.45, 2.75) is 18.8 Å². The molecule has 2 N–H and O–H groups in total. The molecule has 0 saturated heterocycles. The van der Waals surface area contributed by atoms with Crippen molar-refractivity contribution < 1.29 is 28.9 Å². The molecule has 0 aromatic heterocycles. The normalized spacial score (nSPS) is 11.9. The Morgan fingerprint density at radius 1 is 1.39 bits per heavy atom. The maximum absolute atomic E-state index is 13.4. The van der Waals surface area contributed by atoms with Crippen LogP contribution in [0.4, 0.5) is 4.39 Å². The van der Waals surface area contributed by atoms with E-state index in [1.807, 2.05) is 0 Å². The van der Waals surface area contributed by atoms with Crippen molar-refractivity contribution >= 4 is 11.9 Å². The van der Waals surface area contributed by atoms with Gasteiger partial charge in [-0.05, 0) is 24.1 Å². The van der Waals surface area contributed by atoms with Gasteiger partial charge in [-0.3, -0.25) is 9.59 Å². The molecule has 1 aromatic rings. The number of carbonyl (C=O) groups is 2. The van der Waals surface area contributed by atoms with Crippen molar-refractivity contribution in [3.63, 3.8) is 0 Å². The molecule has 0 aliphatic carbocycles. The number of benzene rings is 1. The van der Waals surface area contributed by atoms with Crippen molar-refractivity contribution in [1.82, 2.24) is 0 Å². The second-order valence-electron chi connectivity index (χ2n) is 3.72. The molecule has 0 amide bonds. The molecule has 0 heterocycles. The Morgan fingerprint density at radius 3 is 2.50 bits per heavy atom. The van der Waals surface area contributed by atoms with E-state index >= 15 is 0 Å². The van der Waals surface area contributed by atoms with Gasteiger partial charge in [0, 0.05) is 6.42 Å². The smallest absolute Gasteiger partial charge is 0.310 e. The number of carboxylic acids is 2. The fourth-order valence-corrected chi connectivity index (χ4v) is 1.60. The zero-order chi connectivity index (χ0) is 13.7. The lowest BCUT2D eigenvalue weighted by atomic mass is 9.94. The van der Waals surface area contributed by atoms with Crippen LogP contribution in [0.25, 0.3) is 0 Å². The SMILES string of the molecule is COc1ccc(C(CCC(=O)O)C(=O)O)cc1F. The molecule has 1 rings (SSSR count). The summed E-state index contributed by atoms with van der Waals surface area (Å²) in [6, 6.07) is 3.80. The zero-order valence-electron chi connectivity index (χ0n) is 9.72. The first-order valence-corrected chi connectivity index (χ1v) is 5.23. The number of hydrogen-bond acceptors (Lipinski definition) is 3. The Hall–Kier alpha value is -2.11. The van der Waals surface area contributed by atoms with Gasteiger partial charge in [-0.25, -0.2) is 4.39 Å². The quantitative estimate of drug-likeness (QED) is 0.811. The van der Waals surface area contributed by atoms with Crippen molar-refractivity contribution in [3.8, 4) is 5.75 Å². The highest BCUT2D eigenvalue weighted by atomic mass is 19.1. The van der Waals surface area contributed by atoms with Crippen LogP contribution in [0.1, 0.15) is 24.3 Å². The fraction of sp³-hybridized carbons (Fsp3) is 0.333. The Kier molecular flexibility index (Phi) is 4.65. The predicted octanol–water partition coefficient (Wildman–Crippen LogP) is 1.87. The topological polar surface area (TPSA) is 83.8 Å². The molecule has 0 saturated carbocycles. The van der Waals surface area contributed by atoms with Crippen molar-refractivity contribution in [3.05, 3.63) is 29.6 Å². The molecule has 1 aromatic carbocycles. The van der Waals surface area contributed by atoms with Crippen molar-refractivity contribution in [1.29, 1.82) is 0 Å². The number of hydrogen-bond donors (Lipinski definition) is 2.